The number of nitrogens with one attached hydrogen (secondary N) is 1. The third-order valence-corrected chi connectivity index (χ3v) is 3.89. The van der Waals surface area contributed by atoms with Gasteiger partial charge in [0.2, 0.25) is 10.0 Å². The number of methoxy groups -OCH3 is 1. The molecule has 1 aromatic carbocycles. The largest absolute Gasteiger partial charge is 0.495 e. The van der Waals surface area contributed by atoms with Gasteiger partial charge in [0.05, 0.1) is 20.2 Å². The van der Waals surface area contributed by atoms with E-state index in [1.807, 2.05) is 0 Å². The zero-order valence-corrected chi connectivity index (χ0v) is 12.8. The molecule has 0 atom stereocenters. The minimum Gasteiger partial charge on any atom is -0.495 e. The van der Waals surface area contributed by atoms with E-state index in [4.69, 9.17) is 22.1 Å². The molecule has 0 fully saturated rings. The number of nitrogens with two attached hydrogens (primary N) is 1. The summed E-state index contributed by atoms with van der Waals surface area (Å²) in [6.45, 7) is -2.05. The number of hydrogen-bond acceptors (Lipinski definition) is 4. The van der Waals surface area contributed by atoms with E-state index in [-0.39, 0.29) is 28.1 Å². The summed E-state index contributed by atoms with van der Waals surface area (Å²) in [6.07, 6.45) is 0. The molecule has 1 rings (SSSR count). The van der Waals surface area contributed by atoms with Crippen LogP contribution >= 0.6 is 24.0 Å². The molecular formula is C10H14Cl2F2N2O3S. The molecule has 0 amide bonds. The van der Waals surface area contributed by atoms with Gasteiger partial charge >= 0.3 is 0 Å². The fourth-order valence-electron chi connectivity index (χ4n) is 1.21. The molecule has 0 heterocycles. The van der Waals surface area contributed by atoms with Gasteiger partial charge in [0.1, 0.15) is 10.6 Å². The van der Waals surface area contributed by atoms with Crippen LogP contribution in [0.2, 0.25) is 5.02 Å². The lowest BCUT2D eigenvalue weighted by Crippen LogP contribution is -2.41. The third kappa shape index (κ3) is 5.02. The molecule has 0 aromatic heterocycles. The summed E-state index contributed by atoms with van der Waals surface area (Å²) in [5.41, 5.74) is 4.82. The molecular weight excluding hydrogens is 337 g/mol. The zero-order chi connectivity index (χ0) is 14.7. The Labute approximate surface area is 126 Å². The molecule has 0 spiro atoms. The van der Waals surface area contributed by atoms with Crippen LogP contribution in [0.15, 0.2) is 23.1 Å². The Morgan fingerprint density at radius 3 is 2.55 bits per heavy atom. The fraction of sp³-hybridized carbons (Fsp3) is 0.400. The van der Waals surface area contributed by atoms with Gasteiger partial charge in [0.25, 0.3) is 5.92 Å². The van der Waals surface area contributed by atoms with E-state index in [1.54, 1.807) is 4.72 Å². The van der Waals surface area contributed by atoms with Crippen molar-refractivity contribution in [2.45, 2.75) is 10.8 Å². The lowest BCUT2D eigenvalue weighted by Gasteiger charge is -2.16. The standard InChI is InChI=1S/C10H13ClF2N2O3S.ClH/c1-18-8-3-2-7(11)4-9(8)19(16,17)15-6-10(12,13)5-14;/h2-4,15H,5-6,14H2,1H3;1H. The molecule has 116 valence electrons. The van der Waals surface area contributed by atoms with E-state index < -0.39 is 29.0 Å². The maximum atomic E-state index is 13.0. The monoisotopic (exact) mass is 350 g/mol. The molecule has 0 aliphatic rings. The summed E-state index contributed by atoms with van der Waals surface area (Å²) in [5, 5.41) is 0.145. The second-order valence-corrected chi connectivity index (χ2v) is 5.85. The lowest BCUT2D eigenvalue weighted by molar-refractivity contribution is 0.0170. The van der Waals surface area contributed by atoms with Gasteiger partial charge in [-0.3, -0.25) is 0 Å². The Morgan fingerprint density at radius 1 is 1.45 bits per heavy atom. The highest BCUT2D eigenvalue weighted by Gasteiger charge is 2.30. The van der Waals surface area contributed by atoms with Crippen molar-refractivity contribution in [1.82, 2.24) is 4.72 Å². The van der Waals surface area contributed by atoms with Crippen molar-refractivity contribution in [2.24, 2.45) is 5.73 Å². The molecule has 1 aromatic rings. The Hall–Kier alpha value is -0.670. The first-order valence-corrected chi connectivity index (χ1v) is 6.99. The number of rotatable bonds is 6. The van der Waals surface area contributed by atoms with Crippen LogP contribution in [-0.4, -0.2) is 34.5 Å². The molecule has 0 aliphatic heterocycles. The number of alkyl halides is 2. The molecule has 0 aliphatic carbocycles. The molecule has 0 unspecified atom stereocenters. The first kappa shape index (κ1) is 19.3. The van der Waals surface area contributed by atoms with Gasteiger partial charge in [-0.15, -0.1) is 12.4 Å². The Kier molecular flexibility index (Phi) is 7.12. The fourth-order valence-corrected chi connectivity index (χ4v) is 2.70. The quantitative estimate of drug-likeness (QED) is 0.817. The molecule has 10 heteroatoms. The third-order valence-electron chi connectivity index (χ3n) is 2.23. The maximum absolute atomic E-state index is 13.0. The van der Waals surface area contributed by atoms with Crippen molar-refractivity contribution in [3.8, 4) is 5.75 Å². The van der Waals surface area contributed by atoms with Gasteiger partial charge in [-0.1, -0.05) is 11.6 Å². The van der Waals surface area contributed by atoms with Crippen LogP contribution in [0.4, 0.5) is 8.78 Å². The van der Waals surface area contributed by atoms with Crippen LogP contribution in [0.5, 0.6) is 5.75 Å². The summed E-state index contributed by atoms with van der Waals surface area (Å²) < 4.78 is 56.3. The maximum Gasteiger partial charge on any atom is 0.273 e. The van der Waals surface area contributed by atoms with Crippen molar-refractivity contribution in [1.29, 1.82) is 0 Å². The number of benzene rings is 1. The molecule has 5 nitrogen and oxygen atoms in total. The van der Waals surface area contributed by atoms with Gasteiger partial charge in [0.15, 0.2) is 0 Å². The van der Waals surface area contributed by atoms with Crippen LogP contribution in [0.25, 0.3) is 0 Å². The summed E-state index contributed by atoms with van der Waals surface area (Å²) in [4.78, 5) is -0.310. The first-order valence-electron chi connectivity index (χ1n) is 5.13. The molecule has 0 bridgehead atoms. The van der Waals surface area contributed by atoms with Crippen LogP contribution in [-0.2, 0) is 10.0 Å². The minimum atomic E-state index is -4.16. The van der Waals surface area contributed by atoms with Gasteiger partial charge in [-0.25, -0.2) is 21.9 Å². The Morgan fingerprint density at radius 2 is 2.05 bits per heavy atom. The minimum absolute atomic E-state index is 0. The highest BCUT2D eigenvalue weighted by molar-refractivity contribution is 7.89. The zero-order valence-electron chi connectivity index (χ0n) is 10.4. The predicted molar refractivity (Wildman–Crippen MR) is 74.4 cm³/mol. The average molecular weight is 351 g/mol. The van der Waals surface area contributed by atoms with Crippen LogP contribution < -0.4 is 15.2 Å². The van der Waals surface area contributed by atoms with Gasteiger partial charge in [-0.05, 0) is 18.2 Å². The van der Waals surface area contributed by atoms with E-state index >= 15 is 0 Å². The molecule has 3 N–H and O–H groups in total. The van der Waals surface area contributed by atoms with Crippen molar-refractivity contribution < 1.29 is 21.9 Å². The lowest BCUT2D eigenvalue weighted by atomic mass is 10.3. The van der Waals surface area contributed by atoms with Crippen LogP contribution in [0.3, 0.4) is 0 Å². The van der Waals surface area contributed by atoms with Crippen molar-refractivity contribution in [3.63, 3.8) is 0 Å². The second kappa shape index (κ2) is 7.37. The normalized spacial score (nSPS) is 11.8. The van der Waals surface area contributed by atoms with E-state index in [0.29, 0.717) is 0 Å². The average Bonchev–Trinajstić information content (AvgIpc) is 2.37. The van der Waals surface area contributed by atoms with Crippen molar-refractivity contribution >= 4 is 34.0 Å². The van der Waals surface area contributed by atoms with Crippen molar-refractivity contribution in [3.05, 3.63) is 23.2 Å². The molecule has 0 saturated carbocycles. The second-order valence-electron chi connectivity index (χ2n) is 3.68. The van der Waals surface area contributed by atoms with Crippen LogP contribution in [0, 0.1) is 0 Å². The highest BCUT2D eigenvalue weighted by atomic mass is 35.5. The summed E-state index contributed by atoms with van der Waals surface area (Å²) in [6, 6.07) is 3.87. The summed E-state index contributed by atoms with van der Waals surface area (Å²) in [7, 11) is -2.90. The Balaban J connectivity index is 0.00000361. The van der Waals surface area contributed by atoms with Crippen LogP contribution in [0.1, 0.15) is 0 Å². The SMILES string of the molecule is COc1ccc(Cl)cc1S(=O)(=O)NCC(F)(F)CN.Cl. The Bertz CT molecular complexity index is 555. The summed E-state index contributed by atoms with van der Waals surface area (Å²) >= 11 is 5.68. The first-order chi connectivity index (χ1) is 8.72. The smallest absolute Gasteiger partial charge is 0.273 e. The van der Waals surface area contributed by atoms with E-state index in [1.165, 1.54) is 19.2 Å². The van der Waals surface area contributed by atoms with Crippen molar-refractivity contribution in [2.75, 3.05) is 20.2 Å². The van der Waals surface area contributed by atoms with E-state index in [0.717, 1.165) is 6.07 Å². The number of halogens is 4. The molecule has 0 saturated heterocycles. The molecule has 0 radical (unpaired) electrons. The predicted octanol–water partition coefficient (Wildman–Crippen LogP) is 1.64. The van der Waals surface area contributed by atoms with Gasteiger partial charge in [0, 0.05) is 5.02 Å². The summed E-state index contributed by atoms with van der Waals surface area (Å²) in [5.74, 6) is -3.31. The topological polar surface area (TPSA) is 81.4 Å². The number of hydrogen-bond donors (Lipinski definition) is 2. The number of sulfonamides is 1. The molecule has 20 heavy (non-hydrogen) atoms. The van der Waals surface area contributed by atoms with Gasteiger partial charge in [-0.2, -0.15) is 0 Å². The highest BCUT2D eigenvalue weighted by Crippen LogP contribution is 2.27. The number of ether oxygens (including phenoxy) is 1. The van der Waals surface area contributed by atoms with E-state index in [9.17, 15) is 17.2 Å². The van der Waals surface area contributed by atoms with Gasteiger partial charge < -0.3 is 10.5 Å². The van der Waals surface area contributed by atoms with E-state index in [2.05, 4.69) is 0 Å².